The van der Waals surface area contributed by atoms with Crippen LogP contribution < -0.4 is 10.6 Å². The molecule has 2 saturated heterocycles. The van der Waals surface area contributed by atoms with E-state index in [1.165, 1.54) is 25.8 Å². The lowest BCUT2D eigenvalue weighted by atomic mass is 9.99. The molecule has 2 N–H and O–H groups in total. The van der Waals surface area contributed by atoms with E-state index in [1.54, 1.807) is 0 Å². The van der Waals surface area contributed by atoms with E-state index in [9.17, 15) is 0 Å². The molecule has 1 aromatic heterocycles. The minimum Gasteiger partial charge on any atom is -0.389 e. The van der Waals surface area contributed by atoms with Crippen molar-refractivity contribution in [1.29, 1.82) is 0 Å². The Kier molecular flexibility index (Phi) is 3.89. The van der Waals surface area contributed by atoms with Crippen LogP contribution in [0.3, 0.4) is 0 Å². The first-order valence-corrected chi connectivity index (χ1v) is 7.82. The van der Waals surface area contributed by atoms with Crippen molar-refractivity contribution in [2.24, 2.45) is 5.73 Å². The summed E-state index contributed by atoms with van der Waals surface area (Å²) in [6.07, 6.45) is 3.99. The highest BCUT2D eigenvalue weighted by Gasteiger charge is 2.30. The van der Waals surface area contributed by atoms with Crippen LogP contribution in [0.25, 0.3) is 0 Å². The monoisotopic (exact) mass is 290 g/mol. The van der Waals surface area contributed by atoms with E-state index in [1.807, 2.05) is 19.1 Å². The lowest BCUT2D eigenvalue weighted by molar-refractivity contribution is 0.133. The van der Waals surface area contributed by atoms with Gasteiger partial charge in [-0.2, -0.15) is 0 Å². The van der Waals surface area contributed by atoms with Crippen molar-refractivity contribution in [3.05, 3.63) is 23.4 Å². The summed E-state index contributed by atoms with van der Waals surface area (Å²) in [5.74, 6) is 0.975. The molecule has 3 rings (SSSR count). The maximum absolute atomic E-state index is 5.86. The van der Waals surface area contributed by atoms with Crippen LogP contribution in [0.1, 0.15) is 30.5 Å². The molecule has 108 valence electrons. The zero-order valence-electron chi connectivity index (χ0n) is 12.0. The summed E-state index contributed by atoms with van der Waals surface area (Å²) >= 11 is 5.18. The van der Waals surface area contributed by atoms with E-state index in [4.69, 9.17) is 22.9 Å². The summed E-state index contributed by atoms with van der Waals surface area (Å²) in [4.78, 5) is 10.1. The molecule has 4 nitrogen and oxygen atoms in total. The third-order valence-electron chi connectivity index (χ3n) is 4.42. The summed E-state index contributed by atoms with van der Waals surface area (Å²) in [5, 5.41) is 0. The molecular weight excluding hydrogens is 268 g/mol. The fourth-order valence-corrected chi connectivity index (χ4v) is 3.48. The molecule has 0 aromatic carbocycles. The normalized spacial score (nSPS) is 23.4. The molecule has 0 amide bonds. The minimum absolute atomic E-state index is 0.443. The molecule has 2 aliphatic rings. The molecule has 1 aromatic rings. The number of rotatable bonds is 2. The number of nitrogens with two attached hydrogens (primary N) is 1. The van der Waals surface area contributed by atoms with Crippen LogP contribution in [0.2, 0.25) is 0 Å². The molecule has 1 atom stereocenters. The maximum atomic E-state index is 5.86. The van der Waals surface area contributed by atoms with E-state index in [0.717, 1.165) is 36.7 Å². The van der Waals surface area contributed by atoms with E-state index in [2.05, 4.69) is 9.80 Å². The number of anilines is 1. The second-order valence-corrected chi connectivity index (χ2v) is 6.26. The lowest BCUT2D eigenvalue weighted by Gasteiger charge is -2.44. The zero-order chi connectivity index (χ0) is 14.1. The predicted molar refractivity (Wildman–Crippen MR) is 86.3 cm³/mol. The third kappa shape index (κ3) is 2.65. The number of nitrogens with zero attached hydrogens (tertiary/aromatic N) is 3. The van der Waals surface area contributed by atoms with E-state index in [0.29, 0.717) is 11.0 Å². The van der Waals surface area contributed by atoms with Crippen LogP contribution >= 0.6 is 12.2 Å². The first-order valence-electron chi connectivity index (χ1n) is 7.41. The number of piperidine rings is 1. The topological polar surface area (TPSA) is 45.4 Å². The van der Waals surface area contributed by atoms with Gasteiger partial charge >= 0.3 is 0 Å². The number of piperazine rings is 1. The Morgan fingerprint density at radius 2 is 2.15 bits per heavy atom. The summed E-state index contributed by atoms with van der Waals surface area (Å²) in [5.41, 5.74) is 7.79. The molecule has 3 heterocycles. The molecule has 0 aliphatic carbocycles. The second-order valence-electron chi connectivity index (χ2n) is 5.82. The lowest BCUT2D eigenvalue weighted by Crippen LogP contribution is -2.55. The van der Waals surface area contributed by atoms with Crippen LogP contribution in [-0.4, -0.2) is 47.1 Å². The molecule has 1 unspecified atom stereocenters. The van der Waals surface area contributed by atoms with Gasteiger partial charge in [0.25, 0.3) is 0 Å². The van der Waals surface area contributed by atoms with Crippen LogP contribution in [-0.2, 0) is 0 Å². The largest absolute Gasteiger partial charge is 0.389 e. The highest BCUT2D eigenvalue weighted by atomic mass is 32.1. The predicted octanol–water partition coefficient (Wildman–Crippen LogP) is 1.70. The highest BCUT2D eigenvalue weighted by molar-refractivity contribution is 7.80. The number of aromatic nitrogens is 1. The molecule has 20 heavy (non-hydrogen) atoms. The summed E-state index contributed by atoms with van der Waals surface area (Å²) in [7, 11) is 0. The maximum Gasteiger partial charge on any atom is 0.139 e. The summed E-state index contributed by atoms with van der Waals surface area (Å²) in [6, 6.07) is 4.65. The second kappa shape index (κ2) is 5.66. The first kappa shape index (κ1) is 13.8. The standard InChI is InChI=1S/C15H22N4S/c1-11-5-6-13(14(16)20)15(17-11)19-9-8-18-7-3-2-4-12(18)10-19/h5-6,12H,2-4,7-10H2,1H3,(H2,16,20). The van der Waals surface area contributed by atoms with Crippen molar-refractivity contribution in [1.82, 2.24) is 9.88 Å². The van der Waals surface area contributed by atoms with Gasteiger partial charge in [0.2, 0.25) is 0 Å². The Balaban J connectivity index is 1.85. The van der Waals surface area contributed by atoms with Gasteiger partial charge in [-0.05, 0) is 38.4 Å². The molecule has 0 radical (unpaired) electrons. The fourth-order valence-electron chi connectivity index (χ4n) is 3.32. The van der Waals surface area contributed by atoms with E-state index < -0.39 is 0 Å². The summed E-state index contributed by atoms with van der Waals surface area (Å²) < 4.78 is 0. The highest BCUT2D eigenvalue weighted by Crippen LogP contribution is 2.26. The van der Waals surface area contributed by atoms with Gasteiger partial charge in [-0.25, -0.2) is 4.98 Å². The molecule has 2 fully saturated rings. The zero-order valence-corrected chi connectivity index (χ0v) is 12.8. The molecular formula is C15H22N4S. The Hall–Kier alpha value is -1.20. The first-order chi connectivity index (χ1) is 9.65. The van der Waals surface area contributed by atoms with E-state index >= 15 is 0 Å². The van der Waals surface area contributed by atoms with Gasteiger partial charge in [-0.15, -0.1) is 0 Å². The Morgan fingerprint density at radius 1 is 1.30 bits per heavy atom. The van der Waals surface area contributed by atoms with Crippen molar-refractivity contribution in [3.8, 4) is 0 Å². The number of aryl methyl sites for hydroxylation is 1. The molecule has 0 spiro atoms. The van der Waals surface area contributed by atoms with Gasteiger partial charge < -0.3 is 10.6 Å². The minimum atomic E-state index is 0.443. The van der Waals surface area contributed by atoms with Gasteiger partial charge in [0.1, 0.15) is 10.8 Å². The number of thiocarbonyl (C=S) groups is 1. The fraction of sp³-hybridized carbons (Fsp3) is 0.600. The quantitative estimate of drug-likeness (QED) is 0.840. The van der Waals surface area contributed by atoms with Crippen molar-refractivity contribution < 1.29 is 0 Å². The number of fused-ring (bicyclic) bond motifs is 1. The SMILES string of the molecule is Cc1ccc(C(N)=S)c(N2CCN3CCCCC3C2)n1. The Bertz CT molecular complexity index is 517. The number of pyridine rings is 1. The van der Waals surface area contributed by atoms with Crippen LogP contribution in [0, 0.1) is 6.92 Å². The molecule has 0 bridgehead atoms. The van der Waals surface area contributed by atoms with Crippen molar-refractivity contribution in [2.45, 2.75) is 32.2 Å². The van der Waals surface area contributed by atoms with Crippen LogP contribution in [0.5, 0.6) is 0 Å². The van der Waals surface area contributed by atoms with Crippen molar-refractivity contribution in [2.75, 3.05) is 31.1 Å². The van der Waals surface area contributed by atoms with Gasteiger partial charge in [0.15, 0.2) is 0 Å². The Morgan fingerprint density at radius 3 is 2.95 bits per heavy atom. The third-order valence-corrected chi connectivity index (χ3v) is 4.64. The number of hydrogen-bond donors (Lipinski definition) is 1. The molecule has 0 saturated carbocycles. The number of hydrogen-bond acceptors (Lipinski definition) is 4. The summed E-state index contributed by atoms with van der Waals surface area (Å²) in [6.45, 7) is 6.46. The van der Waals surface area contributed by atoms with Crippen LogP contribution in [0.15, 0.2) is 12.1 Å². The van der Waals surface area contributed by atoms with Gasteiger partial charge in [-0.3, -0.25) is 4.90 Å². The van der Waals surface area contributed by atoms with Gasteiger partial charge in [0, 0.05) is 31.4 Å². The molecule has 5 heteroatoms. The average molecular weight is 290 g/mol. The molecule has 2 aliphatic heterocycles. The van der Waals surface area contributed by atoms with Crippen molar-refractivity contribution >= 4 is 23.0 Å². The van der Waals surface area contributed by atoms with E-state index in [-0.39, 0.29) is 0 Å². The Labute approximate surface area is 126 Å². The average Bonchev–Trinajstić information content (AvgIpc) is 2.46. The van der Waals surface area contributed by atoms with Crippen LogP contribution in [0.4, 0.5) is 5.82 Å². The van der Waals surface area contributed by atoms with Gasteiger partial charge in [0.05, 0.1) is 5.56 Å². The van der Waals surface area contributed by atoms with Gasteiger partial charge in [-0.1, -0.05) is 18.6 Å². The smallest absolute Gasteiger partial charge is 0.139 e. The van der Waals surface area contributed by atoms with Crippen molar-refractivity contribution in [3.63, 3.8) is 0 Å².